The lowest BCUT2D eigenvalue weighted by Crippen LogP contribution is -2.42. The van der Waals surface area contributed by atoms with Gasteiger partial charge in [0.2, 0.25) is 5.91 Å². The Balaban J connectivity index is 2.11. The third-order valence-electron chi connectivity index (χ3n) is 3.50. The Hall–Kier alpha value is -2.62. The normalized spacial score (nSPS) is 14.3. The Morgan fingerprint density at radius 2 is 1.85 bits per heavy atom. The van der Waals surface area contributed by atoms with Gasteiger partial charge in [0.1, 0.15) is 0 Å². The topological polar surface area (TPSA) is 63.4 Å². The molecule has 2 N–H and O–H groups in total. The molecule has 0 saturated carbocycles. The minimum absolute atomic E-state index is 0.207. The van der Waals surface area contributed by atoms with Gasteiger partial charge in [-0.1, -0.05) is 18.2 Å². The smallest absolute Gasteiger partial charge is 0.265 e. The number of rotatable bonds is 1. The first-order valence-electron chi connectivity index (χ1n) is 6.39. The number of nitrogens with two attached hydrogens (primary N) is 1. The Labute approximate surface area is 116 Å². The Morgan fingerprint density at radius 3 is 2.60 bits per heavy atom. The number of anilines is 2. The van der Waals surface area contributed by atoms with Gasteiger partial charge in [-0.3, -0.25) is 9.59 Å². The fourth-order valence-corrected chi connectivity index (χ4v) is 2.53. The number of imide groups is 1. The molecule has 2 amide bonds. The van der Waals surface area contributed by atoms with Crippen LogP contribution < -0.4 is 10.6 Å². The van der Waals surface area contributed by atoms with Crippen molar-refractivity contribution < 1.29 is 9.59 Å². The van der Waals surface area contributed by atoms with Gasteiger partial charge in [-0.15, -0.1) is 0 Å². The third kappa shape index (κ3) is 1.86. The number of carbonyl (C=O) groups excluding carboxylic acids is 2. The summed E-state index contributed by atoms with van der Waals surface area (Å²) in [5.74, 6) is -0.480. The Bertz CT molecular complexity index is 722. The van der Waals surface area contributed by atoms with Crippen LogP contribution in [0.3, 0.4) is 0 Å². The summed E-state index contributed by atoms with van der Waals surface area (Å²) < 4.78 is 0. The van der Waals surface area contributed by atoms with Crippen molar-refractivity contribution in [3.63, 3.8) is 0 Å². The van der Waals surface area contributed by atoms with E-state index in [0.717, 1.165) is 11.1 Å². The number of carbonyl (C=O) groups is 2. The number of aryl methyl sites for hydroxylation is 1. The lowest BCUT2D eigenvalue weighted by Gasteiger charge is -2.28. The molecule has 4 nitrogen and oxygen atoms in total. The maximum Gasteiger partial charge on any atom is 0.265 e. The van der Waals surface area contributed by atoms with E-state index in [9.17, 15) is 9.59 Å². The molecule has 0 aliphatic carbocycles. The predicted octanol–water partition coefficient (Wildman–Crippen LogP) is 2.31. The number of fused-ring (bicyclic) bond motifs is 1. The molecule has 0 bridgehead atoms. The van der Waals surface area contributed by atoms with Gasteiger partial charge in [-0.05, 0) is 42.3 Å². The molecule has 20 heavy (non-hydrogen) atoms. The van der Waals surface area contributed by atoms with Gasteiger partial charge in [0.15, 0.2) is 0 Å². The van der Waals surface area contributed by atoms with Gasteiger partial charge in [0.25, 0.3) is 5.91 Å². The maximum atomic E-state index is 12.5. The van der Waals surface area contributed by atoms with Crippen LogP contribution in [0.4, 0.5) is 11.4 Å². The van der Waals surface area contributed by atoms with Crippen molar-refractivity contribution in [2.75, 3.05) is 10.6 Å². The summed E-state index contributed by atoms with van der Waals surface area (Å²) in [6.07, 6.45) is 0.242. The number of hydrogen-bond donors (Lipinski definition) is 1. The van der Waals surface area contributed by atoms with Crippen molar-refractivity contribution in [2.24, 2.45) is 0 Å². The van der Waals surface area contributed by atoms with Crippen LogP contribution in [0.2, 0.25) is 0 Å². The van der Waals surface area contributed by atoms with E-state index in [1.54, 1.807) is 30.3 Å². The minimum Gasteiger partial charge on any atom is -0.399 e. The maximum absolute atomic E-state index is 12.5. The summed E-state index contributed by atoms with van der Waals surface area (Å²) in [7, 11) is 0. The number of benzene rings is 2. The Morgan fingerprint density at radius 1 is 1.10 bits per heavy atom. The lowest BCUT2D eigenvalue weighted by atomic mass is 9.97. The lowest BCUT2D eigenvalue weighted by molar-refractivity contribution is -0.117. The molecule has 1 heterocycles. The highest BCUT2D eigenvalue weighted by molar-refractivity contribution is 6.25. The molecular formula is C16H14N2O2. The molecular weight excluding hydrogens is 252 g/mol. The predicted molar refractivity (Wildman–Crippen MR) is 77.6 cm³/mol. The fraction of sp³-hybridized carbons (Fsp3) is 0.125. The molecule has 2 aromatic carbocycles. The van der Waals surface area contributed by atoms with Gasteiger partial charge in [0.05, 0.1) is 12.1 Å². The van der Waals surface area contributed by atoms with E-state index >= 15 is 0 Å². The molecule has 1 aliphatic heterocycles. The van der Waals surface area contributed by atoms with E-state index in [0.29, 0.717) is 16.9 Å². The summed E-state index contributed by atoms with van der Waals surface area (Å²) in [5, 5.41) is 0. The van der Waals surface area contributed by atoms with Crippen molar-refractivity contribution in [1.29, 1.82) is 0 Å². The SMILES string of the molecule is Cc1cc(N)ccc1N1C(=O)Cc2ccccc2C1=O. The van der Waals surface area contributed by atoms with Crippen molar-refractivity contribution in [2.45, 2.75) is 13.3 Å². The summed E-state index contributed by atoms with van der Waals surface area (Å²) in [6.45, 7) is 1.84. The van der Waals surface area contributed by atoms with E-state index in [4.69, 9.17) is 5.73 Å². The molecule has 1 aliphatic rings. The van der Waals surface area contributed by atoms with E-state index < -0.39 is 0 Å². The molecule has 2 aromatic rings. The van der Waals surface area contributed by atoms with Crippen molar-refractivity contribution >= 4 is 23.2 Å². The number of nitrogens with zero attached hydrogens (tertiary/aromatic N) is 1. The molecule has 0 fully saturated rings. The summed E-state index contributed by atoms with van der Waals surface area (Å²) in [5.41, 5.74) is 9.11. The highest BCUT2D eigenvalue weighted by Crippen LogP contribution is 2.28. The zero-order valence-corrected chi connectivity index (χ0v) is 11.1. The number of amides is 2. The first-order valence-corrected chi connectivity index (χ1v) is 6.39. The second-order valence-electron chi connectivity index (χ2n) is 4.91. The summed E-state index contributed by atoms with van der Waals surface area (Å²) in [4.78, 5) is 26.1. The van der Waals surface area contributed by atoms with Crippen LogP contribution in [-0.2, 0) is 11.2 Å². The molecule has 100 valence electrons. The van der Waals surface area contributed by atoms with Crippen LogP contribution in [0.15, 0.2) is 42.5 Å². The second kappa shape index (κ2) is 4.49. The van der Waals surface area contributed by atoms with Gasteiger partial charge in [-0.25, -0.2) is 4.90 Å². The van der Waals surface area contributed by atoms with Crippen LogP contribution >= 0.6 is 0 Å². The van der Waals surface area contributed by atoms with Gasteiger partial charge in [0, 0.05) is 11.3 Å². The number of nitrogen functional groups attached to an aromatic ring is 1. The van der Waals surface area contributed by atoms with E-state index in [-0.39, 0.29) is 18.2 Å². The van der Waals surface area contributed by atoms with Gasteiger partial charge in [-0.2, -0.15) is 0 Å². The summed E-state index contributed by atoms with van der Waals surface area (Å²) in [6, 6.07) is 12.4. The average Bonchev–Trinajstić information content (AvgIpc) is 2.41. The second-order valence-corrected chi connectivity index (χ2v) is 4.91. The number of hydrogen-bond acceptors (Lipinski definition) is 3. The van der Waals surface area contributed by atoms with Crippen molar-refractivity contribution in [3.8, 4) is 0 Å². The van der Waals surface area contributed by atoms with Crippen LogP contribution in [0.1, 0.15) is 21.5 Å². The largest absolute Gasteiger partial charge is 0.399 e. The quantitative estimate of drug-likeness (QED) is 0.636. The van der Waals surface area contributed by atoms with Crippen LogP contribution in [0.25, 0.3) is 0 Å². The highest BCUT2D eigenvalue weighted by Gasteiger charge is 2.32. The fourth-order valence-electron chi connectivity index (χ4n) is 2.53. The molecule has 0 unspecified atom stereocenters. The van der Waals surface area contributed by atoms with Gasteiger partial charge >= 0.3 is 0 Å². The van der Waals surface area contributed by atoms with Crippen LogP contribution in [0, 0.1) is 6.92 Å². The summed E-state index contributed by atoms with van der Waals surface area (Å²) >= 11 is 0. The van der Waals surface area contributed by atoms with Gasteiger partial charge < -0.3 is 5.73 Å². The molecule has 3 rings (SSSR count). The van der Waals surface area contributed by atoms with Crippen LogP contribution in [0.5, 0.6) is 0 Å². The monoisotopic (exact) mass is 266 g/mol. The highest BCUT2D eigenvalue weighted by atomic mass is 16.2. The standard InChI is InChI=1S/C16H14N2O2/c1-10-8-12(17)6-7-14(10)18-15(19)9-11-4-2-3-5-13(11)16(18)20/h2-8H,9,17H2,1H3. The molecule has 4 heteroatoms. The molecule has 0 saturated heterocycles. The van der Waals surface area contributed by atoms with Crippen molar-refractivity contribution in [1.82, 2.24) is 0 Å². The first kappa shape index (κ1) is 12.4. The van der Waals surface area contributed by atoms with Crippen LogP contribution in [-0.4, -0.2) is 11.8 Å². The average molecular weight is 266 g/mol. The third-order valence-corrected chi connectivity index (χ3v) is 3.50. The van der Waals surface area contributed by atoms with E-state index in [1.165, 1.54) is 4.90 Å². The van der Waals surface area contributed by atoms with E-state index in [1.807, 2.05) is 19.1 Å². The molecule has 0 spiro atoms. The van der Waals surface area contributed by atoms with Crippen molar-refractivity contribution in [3.05, 3.63) is 59.2 Å². The first-order chi connectivity index (χ1) is 9.58. The molecule has 0 aromatic heterocycles. The minimum atomic E-state index is -0.273. The zero-order chi connectivity index (χ0) is 14.3. The molecule has 0 radical (unpaired) electrons. The molecule has 0 atom stereocenters. The Kier molecular flexibility index (Phi) is 2.79. The van der Waals surface area contributed by atoms with E-state index in [2.05, 4.69) is 0 Å². The zero-order valence-electron chi connectivity index (χ0n) is 11.1.